The summed E-state index contributed by atoms with van der Waals surface area (Å²) in [4.78, 5) is 3.75. The smallest absolute Gasteiger partial charge is 0.273 e. The number of halogens is 2. The number of rotatable bonds is 5. The number of nitrogens with zero attached hydrogens (tertiary/aromatic N) is 1. The third kappa shape index (κ3) is 3.13. The molecule has 1 heterocycles. The Morgan fingerprint density at radius 1 is 1.53 bits per heavy atom. The first-order valence-electron chi connectivity index (χ1n) is 4.59. The predicted octanol–water partition coefficient (Wildman–Crippen LogP) is 1.95. The van der Waals surface area contributed by atoms with Crippen molar-refractivity contribution < 1.29 is 18.6 Å². The second kappa shape index (κ2) is 5.02. The van der Waals surface area contributed by atoms with Crippen molar-refractivity contribution in [1.29, 1.82) is 0 Å². The first-order valence-corrected chi connectivity index (χ1v) is 4.59. The number of hydrogen-bond acceptors (Lipinski definition) is 3. The third-order valence-electron chi connectivity index (χ3n) is 2.02. The van der Waals surface area contributed by atoms with Crippen LogP contribution in [0.15, 0.2) is 18.3 Å². The molecule has 0 aliphatic carbocycles. The summed E-state index contributed by atoms with van der Waals surface area (Å²) in [6.45, 7) is -0.238. The van der Waals surface area contributed by atoms with E-state index in [1.165, 1.54) is 25.4 Å². The van der Waals surface area contributed by atoms with Crippen LogP contribution in [0.2, 0.25) is 0 Å². The van der Waals surface area contributed by atoms with Gasteiger partial charge in [-0.15, -0.1) is 0 Å². The van der Waals surface area contributed by atoms with Gasteiger partial charge in [-0.25, -0.2) is 13.8 Å². The fourth-order valence-corrected chi connectivity index (χ4v) is 1.19. The number of pyridine rings is 1. The summed E-state index contributed by atoms with van der Waals surface area (Å²) in [6.07, 6.45) is 0.968. The highest BCUT2D eigenvalue weighted by molar-refractivity contribution is 5.24. The number of aliphatic hydroxyl groups is 1. The molecule has 1 rings (SSSR count). The van der Waals surface area contributed by atoms with Gasteiger partial charge in [0.05, 0.1) is 7.11 Å². The molecule has 15 heavy (non-hydrogen) atoms. The van der Waals surface area contributed by atoms with E-state index in [1.54, 1.807) is 0 Å². The molecule has 84 valence electrons. The zero-order chi connectivity index (χ0) is 11.3. The van der Waals surface area contributed by atoms with Crippen LogP contribution >= 0.6 is 0 Å². The maximum Gasteiger partial charge on any atom is 0.273 e. The summed E-state index contributed by atoms with van der Waals surface area (Å²) in [7, 11) is 1.37. The maximum atomic E-state index is 13.5. The molecule has 0 bridgehead atoms. The first kappa shape index (κ1) is 11.8. The average molecular weight is 217 g/mol. The second-order valence-corrected chi connectivity index (χ2v) is 3.12. The largest absolute Gasteiger partial charge is 0.481 e. The molecule has 0 fully saturated rings. The molecule has 1 N–H and O–H groups in total. The van der Waals surface area contributed by atoms with Crippen LogP contribution in [0.5, 0.6) is 5.88 Å². The Balaban J connectivity index is 2.83. The Labute approximate surface area is 86.7 Å². The SMILES string of the molecule is COc1cc(C(F)(F)CCCO)ccn1. The van der Waals surface area contributed by atoms with Crippen molar-refractivity contribution in [2.45, 2.75) is 18.8 Å². The van der Waals surface area contributed by atoms with Gasteiger partial charge in [-0.2, -0.15) is 0 Å². The maximum absolute atomic E-state index is 13.5. The molecular formula is C10H13F2NO2. The van der Waals surface area contributed by atoms with E-state index in [0.29, 0.717) is 0 Å². The molecule has 3 nitrogen and oxygen atoms in total. The highest BCUT2D eigenvalue weighted by atomic mass is 19.3. The van der Waals surface area contributed by atoms with E-state index in [0.717, 1.165) is 0 Å². The monoisotopic (exact) mass is 217 g/mol. The van der Waals surface area contributed by atoms with Gasteiger partial charge in [-0.05, 0) is 12.5 Å². The van der Waals surface area contributed by atoms with E-state index < -0.39 is 5.92 Å². The van der Waals surface area contributed by atoms with Crippen molar-refractivity contribution in [3.63, 3.8) is 0 Å². The lowest BCUT2D eigenvalue weighted by Crippen LogP contribution is -2.14. The summed E-state index contributed by atoms with van der Waals surface area (Å²) in [5.41, 5.74) is -0.136. The molecule has 1 aromatic heterocycles. The van der Waals surface area contributed by atoms with Crippen molar-refractivity contribution in [2.75, 3.05) is 13.7 Å². The number of aliphatic hydroxyl groups excluding tert-OH is 1. The molecule has 1 aromatic rings. The van der Waals surface area contributed by atoms with Gasteiger partial charge in [0, 0.05) is 30.9 Å². The highest BCUT2D eigenvalue weighted by Gasteiger charge is 2.31. The Morgan fingerprint density at radius 2 is 2.27 bits per heavy atom. The molecule has 0 aliphatic rings. The minimum Gasteiger partial charge on any atom is -0.481 e. The van der Waals surface area contributed by atoms with Crippen molar-refractivity contribution in [3.05, 3.63) is 23.9 Å². The van der Waals surface area contributed by atoms with Crippen molar-refractivity contribution >= 4 is 0 Å². The lowest BCUT2D eigenvalue weighted by atomic mass is 10.1. The van der Waals surface area contributed by atoms with E-state index in [1.807, 2.05) is 0 Å². The lowest BCUT2D eigenvalue weighted by Gasteiger charge is -2.16. The highest BCUT2D eigenvalue weighted by Crippen LogP contribution is 2.33. The Hall–Kier alpha value is -1.23. The molecule has 5 heteroatoms. The van der Waals surface area contributed by atoms with Crippen LogP contribution in [0.25, 0.3) is 0 Å². The predicted molar refractivity (Wildman–Crippen MR) is 51.0 cm³/mol. The van der Waals surface area contributed by atoms with Crippen LogP contribution < -0.4 is 4.74 Å². The molecule has 0 spiro atoms. The molecular weight excluding hydrogens is 204 g/mol. The van der Waals surface area contributed by atoms with Gasteiger partial charge in [0.1, 0.15) is 0 Å². The van der Waals surface area contributed by atoms with Gasteiger partial charge in [0.25, 0.3) is 5.92 Å². The van der Waals surface area contributed by atoms with Crippen LogP contribution in [0.4, 0.5) is 8.78 Å². The minimum absolute atomic E-state index is 0.0671. The summed E-state index contributed by atoms with van der Waals surface area (Å²) >= 11 is 0. The summed E-state index contributed by atoms with van der Waals surface area (Å²) < 4.78 is 31.7. The van der Waals surface area contributed by atoms with Gasteiger partial charge >= 0.3 is 0 Å². The summed E-state index contributed by atoms with van der Waals surface area (Å²) in [6, 6.07) is 2.46. The Morgan fingerprint density at radius 3 is 2.87 bits per heavy atom. The molecule has 0 saturated carbocycles. The normalized spacial score (nSPS) is 11.5. The quantitative estimate of drug-likeness (QED) is 0.819. The summed E-state index contributed by atoms with van der Waals surface area (Å²) in [5.74, 6) is -2.78. The fourth-order valence-electron chi connectivity index (χ4n) is 1.19. The average Bonchev–Trinajstić information content (AvgIpc) is 2.26. The van der Waals surface area contributed by atoms with Gasteiger partial charge in [-0.3, -0.25) is 0 Å². The standard InChI is InChI=1S/C10H13F2NO2/c1-15-9-7-8(3-5-13-9)10(11,12)4-2-6-14/h3,5,7,14H,2,4,6H2,1H3. The fraction of sp³-hybridized carbons (Fsp3) is 0.500. The number of hydrogen-bond donors (Lipinski definition) is 1. The second-order valence-electron chi connectivity index (χ2n) is 3.12. The zero-order valence-corrected chi connectivity index (χ0v) is 8.41. The topological polar surface area (TPSA) is 42.4 Å². The lowest BCUT2D eigenvalue weighted by molar-refractivity contribution is -0.0191. The van der Waals surface area contributed by atoms with Crippen molar-refractivity contribution in [1.82, 2.24) is 4.98 Å². The number of methoxy groups -OCH3 is 1. The summed E-state index contributed by atoms with van der Waals surface area (Å²) in [5, 5.41) is 8.51. The van der Waals surface area contributed by atoms with Crippen LogP contribution in [0.3, 0.4) is 0 Å². The molecule has 0 atom stereocenters. The molecule has 0 aliphatic heterocycles. The Kier molecular flexibility index (Phi) is 3.96. The number of aromatic nitrogens is 1. The van der Waals surface area contributed by atoms with Crippen LogP contribution in [-0.2, 0) is 5.92 Å². The molecule has 0 amide bonds. The van der Waals surface area contributed by atoms with Gasteiger partial charge in [0.15, 0.2) is 0 Å². The van der Waals surface area contributed by atoms with Crippen LogP contribution in [-0.4, -0.2) is 23.8 Å². The van der Waals surface area contributed by atoms with E-state index in [2.05, 4.69) is 4.98 Å². The first-order chi connectivity index (χ1) is 7.10. The van der Waals surface area contributed by atoms with Crippen molar-refractivity contribution in [3.8, 4) is 5.88 Å². The number of alkyl halides is 2. The van der Waals surface area contributed by atoms with Gasteiger partial charge < -0.3 is 9.84 Å². The van der Waals surface area contributed by atoms with Gasteiger partial charge in [0.2, 0.25) is 5.88 Å². The Bertz CT molecular complexity index is 318. The molecule has 0 unspecified atom stereocenters. The van der Waals surface area contributed by atoms with E-state index >= 15 is 0 Å². The molecule has 0 aromatic carbocycles. The zero-order valence-electron chi connectivity index (χ0n) is 8.41. The van der Waals surface area contributed by atoms with Gasteiger partial charge in [-0.1, -0.05) is 0 Å². The van der Waals surface area contributed by atoms with Crippen molar-refractivity contribution in [2.24, 2.45) is 0 Å². The molecule has 0 saturated heterocycles. The minimum atomic E-state index is -2.95. The molecule has 0 radical (unpaired) electrons. The van der Waals surface area contributed by atoms with E-state index in [4.69, 9.17) is 9.84 Å². The third-order valence-corrected chi connectivity index (χ3v) is 2.02. The number of ether oxygens (including phenoxy) is 1. The van der Waals surface area contributed by atoms with E-state index in [-0.39, 0.29) is 30.9 Å². The van der Waals surface area contributed by atoms with Crippen LogP contribution in [0, 0.1) is 0 Å². The van der Waals surface area contributed by atoms with E-state index in [9.17, 15) is 8.78 Å². The van der Waals surface area contributed by atoms with Crippen LogP contribution in [0.1, 0.15) is 18.4 Å².